The number of rotatable bonds is 4. The van der Waals surface area contributed by atoms with Crippen LogP contribution in [0.2, 0.25) is 0 Å². The van der Waals surface area contributed by atoms with Gasteiger partial charge in [0.1, 0.15) is 0 Å². The molecule has 3 N–H and O–H groups in total. The quantitative estimate of drug-likeness (QED) is 0.691. The molecule has 4 heteroatoms. The second-order valence-electron chi connectivity index (χ2n) is 5.90. The van der Waals surface area contributed by atoms with E-state index in [-0.39, 0.29) is 12.5 Å². The fourth-order valence-corrected chi connectivity index (χ4v) is 2.72. The van der Waals surface area contributed by atoms with Gasteiger partial charge in [-0.1, -0.05) is 24.3 Å². The highest BCUT2D eigenvalue weighted by Gasteiger charge is 2.10. The van der Waals surface area contributed by atoms with Gasteiger partial charge in [-0.15, -0.1) is 0 Å². The van der Waals surface area contributed by atoms with Crippen molar-refractivity contribution >= 4 is 22.5 Å². The second-order valence-corrected chi connectivity index (χ2v) is 5.90. The molecule has 0 aliphatic carbocycles. The Morgan fingerprint density at radius 2 is 2.00 bits per heavy atom. The molecule has 0 aliphatic heterocycles. The molecule has 0 fully saturated rings. The van der Waals surface area contributed by atoms with E-state index < -0.39 is 0 Å². The molecule has 4 nitrogen and oxygen atoms in total. The Morgan fingerprint density at radius 1 is 1.17 bits per heavy atom. The molecule has 2 aromatic carbocycles. The maximum atomic E-state index is 12.4. The van der Waals surface area contributed by atoms with E-state index in [2.05, 4.69) is 16.4 Å². The topological polar surface area (TPSA) is 65.1 Å². The van der Waals surface area contributed by atoms with Gasteiger partial charge in [0.05, 0.1) is 13.0 Å². The number of nitrogens with one attached hydrogen (secondary N) is 2. The Balaban J connectivity index is 1.79. The standard InChI is InChI=1S/C19H20N2O2/c1-12-3-6-16-15(10-20-18(16)7-12)9-19(23)21-17-8-14(11-22)5-4-13(17)2/h3-8,10,20,22H,9,11H2,1-2H3,(H,21,23). The van der Waals surface area contributed by atoms with Gasteiger partial charge in [0.25, 0.3) is 0 Å². The number of hydrogen-bond acceptors (Lipinski definition) is 2. The molecule has 1 heterocycles. The number of hydrogen-bond donors (Lipinski definition) is 3. The van der Waals surface area contributed by atoms with E-state index in [0.29, 0.717) is 6.42 Å². The molecule has 0 saturated heterocycles. The molecule has 3 aromatic rings. The van der Waals surface area contributed by atoms with Crippen LogP contribution >= 0.6 is 0 Å². The highest BCUT2D eigenvalue weighted by molar-refractivity contribution is 5.96. The van der Waals surface area contributed by atoms with E-state index in [9.17, 15) is 9.90 Å². The van der Waals surface area contributed by atoms with Crippen molar-refractivity contribution in [2.45, 2.75) is 26.9 Å². The molecule has 0 spiro atoms. The van der Waals surface area contributed by atoms with Crippen molar-refractivity contribution in [3.05, 3.63) is 64.8 Å². The molecule has 3 rings (SSSR count). The average Bonchev–Trinajstić information content (AvgIpc) is 2.91. The summed E-state index contributed by atoms with van der Waals surface area (Å²) in [7, 11) is 0. The maximum absolute atomic E-state index is 12.4. The van der Waals surface area contributed by atoms with Crippen molar-refractivity contribution < 1.29 is 9.90 Å². The van der Waals surface area contributed by atoms with Crippen molar-refractivity contribution in [1.82, 2.24) is 4.98 Å². The number of fused-ring (bicyclic) bond motifs is 1. The van der Waals surface area contributed by atoms with Crippen LogP contribution in [0.4, 0.5) is 5.69 Å². The Kier molecular flexibility index (Phi) is 4.17. The predicted molar refractivity (Wildman–Crippen MR) is 92.5 cm³/mol. The Hall–Kier alpha value is -2.59. The summed E-state index contributed by atoms with van der Waals surface area (Å²) in [4.78, 5) is 15.6. The van der Waals surface area contributed by atoms with Gasteiger partial charge in [-0.2, -0.15) is 0 Å². The van der Waals surface area contributed by atoms with Crippen molar-refractivity contribution in [3.8, 4) is 0 Å². The Morgan fingerprint density at radius 3 is 2.78 bits per heavy atom. The molecule has 0 radical (unpaired) electrons. The van der Waals surface area contributed by atoms with Crippen molar-refractivity contribution in [2.24, 2.45) is 0 Å². The minimum Gasteiger partial charge on any atom is -0.392 e. The summed E-state index contributed by atoms with van der Waals surface area (Å²) in [6, 6.07) is 11.7. The Bertz CT molecular complexity index is 865. The average molecular weight is 308 g/mol. The lowest BCUT2D eigenvalue weighted by Crippen LogP contribution is -2.15. The van der Waals surface area contributed by atoms with Gasteiger partial charge in [-0.3, -0.25) is 4.79 Å². The van der Waals surface area contributed by atoms with E-state index in [1.165, 1.54) is 5.56 Å². The molecule has 1 aromatic heterocycles. The summed E-state index contributed by atoms with van der Waals surface area (Å²) >= 11 is 0. The molecular formula is C19H20N2O2. The van der Waals surface area contributed by atoms with E-state index >= 15 is 0 Å². The summed E-state index contributed by atoms with van der Waals surface area (Å²) in [5.74, 6) is -0.0651. The molecule has 118 valence electrons. The van der Waals surface area contributed by atoms with Crippen molar-refractivity contribution in [1.29, 1.82) is 0 Å². The van der Waals surface area contributed by atoms with Crippen LogP contribution in [0.15, 0.2) is 42.6 Å². The number of carbonyl (C=O) groups is 1. The number of aromatic amines is 1. The lowest BCUT2D eigenvalue weighted by Gasteiger charge is -2.10. The minimum absolute atomic E-state index is 0.0368. The number of aliphatic hydroxyl groups is 1. The van der Waals surface area contributed by atoms with Gasteiger partial charge in [0, 0.05) is 22.8 Å². The van der Waals surface area contributed by atoms with Crippen LogP contribution in [0, 0.1) is 13.8 Å². The third-order valence-electron chi connectivity index (χ3n) is 4.03. The van der Waals surface area contributed by atoms with Crippen LogP contribution in [-0.4, -0.2) is 16.0 Å². The zero-order chi connectivity index (χ0) is 16.4. The van der Waals surface area contributed by atoms with Crippen LogP contribution in [0.3, 0.4) is 0 Å². The van der Waals surface area contributed by atoms with Gasteiger partial charge in [-0.25, -0.2) is 0 Å². The molecule has 23 heavy (non-hydrogen) atoms. The minimum atomic E-state index is -0.0651. The summed E-state index contributed by atoms with van der Waals surface area (Å²) in [6.07, 6.45) is 2.20. The number of aryl methyl sites for hydroxylation is 2. The number of aromatic nitrogens is 1. The number of aliphatic hydroxyl groups excluding tert-OH is 1. The molecule has 1 amide bonds. The zero-order valence-corrected chi connectivity index (χ0v) is 13.3. The third-order valence-corrected chi connectivity index (χ3v) is 4.03. The van der Waals surface area contributed by atoms with Crippen LogP contribution < -0.4 is 5.32 Å². The summed E-state index contributed by atoms with van der Waals surface area (Å²) in [5, 5.41) is 13.2. The summed E-state index contributed by atoms with van der Waals surface area (Å²) in [6.45, 7) is 3.94. The smallest absolute Gasteiger partial charge is 0.228 e. The van der Waals surface area contributed by atoms with E-state index in [4.69, 9.17) is 0 Å². The fourth-order valence-electron chi connectivity index (χ4n) is 2.72. The molecule has 0 bridgehead atoms. The van der Waals surface area contributed by atoms with E-state index in [1.54, 1.807) is 0 Å². The molecule has 0 unspecified atom stereocenters. The van der Waals surface area contributed by atoms with Gasteiger partial charge in [-0.05, 0) is 48.2 Å². The number of amides is 1. The first kappa shape index (κ1) is 15.3. The summed E-state index contributed by atoms with van der Waals surface area (Å²) in [5.41, 5.74) is 5.72. The second kappa shape index (κ2) is 6.26. The van der Waals surface area contributed by atoms with Gasteiger partial charge in [0.15, 0.2) is 0 Å². The van der Waals surface area contributed by atoms with E-state index in [1.807, 2.05) is 50.4 Å². The van der Waals surface area contributed by atoms with Crippen molar-refractivity contribution in [2.75, 3.05) is 5.32 Å². The first-order valence-electron chi connectivity index (χ1n) is 7.63. The predicted octanol–water partition coefficient (Wildman–Crippen LogP) is 3.46. The lowest BCUT2D eigenvalue weighted by atomic mass is 10.1. The lowest BCUT2D eigenvalue weighted by molar-refractivity contribution is -0.115. The largest absolute Gasteiger partial charge is 0.392 e. The summed E-state index contributed by atoms with van der Waals surface area (Å²) < 4.78 is 0. The maximum Gasteiger partial charge on any atom is 0.228 e. The first-order chi connectivity index (χ1) is 11.1. The van der Waals surface area contributed by atoms with Crippen LogP contribution in [-0.2, 0) is 17.8 Å². The molecule has 0 atom stereocenters. The highest BCUT2D eigenvalue weighted by Crippen LogP contribution is 2.21. The number of anilines is 1. The normalized spacial score (nSPS) is 10.9. The molecule has 0 aliphatic rings. The first-order valence-corrected chi connectivity index (χ1v) is 7.63. The molecule has 0 saturated carbocycles. The van der Waals surface area contributed by atoms with Gasteiger partial charge >= 0.3 is 0 Å². The van der Waals surface area contributed by atoms with Gasteiger partial charge in [0.2, 0.25) is 5.91 Å². The zero-order valence-electron chi connectivity index (χ0n) is 13.3. The monoisotopic (exact) mass is 308 g/mol. The number of carbonyl (C=O) groups excluding carboxylic acids is 1. The number of H-pyrrole nitrogens is 1. The highest BCUT2D eigenvalue weighted by atomic mass is 16.3. The fraction of sp³-hybridized carbons (Fsp3) is 0.211. The van der Waals surface area contributed by atoms with Crippen molar-refractivity contribution in [3.63, 3.8) is 0 Å². The van der Waals surface area contributed by atoms with Crippen LogP contribution in [0.25, 0.3) is 10.9 Å². The van der Waals surface area contributed by atoms with Gasteiger partial charge < -0.3 is 15.4 Å². The number of benzene rings is 2. The van der Waals surface area contributed by atoms with Crippen LogP contribution in [0.1, 0.15) is 22.3 Å². The van der Waals surface area contributed by atoms with E-state index in [0.717, 1.165) is 33.3 Å². The molecular weight excluding hydrogens is 288 g/mol. The Labute approximate surface area is 135 Å². The SMILES string of the molecule is Cc1ccc2c(CC(=O)Nc3cc(CO)ccc3C)c[nH]c2c1. The third kappa shape index (κ3) is 3.27. The van der Waals surface area contributed by atoms with Crippen LogP contribution in [0.5, 0.6) is 0 Å².